The van der Waals surface area contributed by atoms with Crippen molar-refractivity contribution in [1.29, 1.82) is 0 Å². The van der Waals surface area contributed by atoms with E-state index in [1.54, 1.807) is 17.0 Å². The van der Waals surface area contributed by atoms with E-state index < -0.39 is 10.0 Å². The third-order valence-electron chi connectivity index (χ3n) is 5.00. The second kappa shape index (κ2) is 7.86. The molecule has 10 heteroatoms. The van der Waals surface area contributed by atoms with Gasteiger partial charge in [0.15, 0.2) is 11.3 Å². The molecule has 1 aliphatic heterocycles. The lowest BCUT2D eigenvalue weighted by molar-refractivity contribution is 0.0784. The van der Waals surface area contributed by atoms with Gasteiger partial charge < -0.3 is 18.9 Å². The van der Waals surface area contributed by atoms with Crippen molar-refractivity contribution in [3.8, 4) is 11.5 Å². The number of amides is 1. The summed E-state index contributed by atoms with van der Waals surface area (Å²) >= 11 is 0. The van der Waals surface area contributed by atoms with Crippen molar-refractivity contribution in [1.82, 2.24) is 10.1 Å². The molecule has 0 unspecified atom stereocenters. The van der Waals surface area contributed by atoms with E-state index in [1.807, 2.05) is 0 Å². The zero-order valence-electron chi connectivity index (χ0n) is 16.5. The summed E-state index contributed by atoms with van der Waals surface area (Å²) in [5, 5.41) is 4.23. The predicted molar refractivity (Wildman–Crippen MR) is 110 cm³/mol. The number of benzene rings is 2. The van der Waals surface area contributed by atoms with E-state index in [1.165, 1.54) is 38.5 Å². The highest BCUT2D eigenvalue weighted by molar-refractivity contribution is 7.92. The highest BCUT2D eigenvalue weighted by Crippen LogP contribution is 2.32. The maximum atomic E-state index is 13.0. The van der Waals surface area contributed by atoms with Gasteiger partial charge in [-0.1, -0.05) is 5.16 Å². The number of nitrogens with one attached hydrogen (secondary N) is 1. The van der Waals surface area contributed by atoms with E-state index in [0.717, 1.165) is 12.8 Å². The predicted octanol–water partition coefficient (Wildman–Crippen LogP) is 2.88. The third-order valence-corrected chi connectivity index (χ3v) is 6.36. The van der Waals surface area contributed by atoms with E-state index in [9.17, 15) is 13.2 Å². The van der Waals surface area contributed by atoms with Crippen LogP contribution in [0.3, 0.4) is 0 Å². The number of methoxy groups -OCH3 is 2. The van der Waals surface area contributed by atoms with E-state index in [-0.39, 0.29) is 22.2 Å². The van der Waals surface area contributed by atoms with Crippen LogP contribution >= 0.6 is 0 Å². The highest BCUT2D eigenvalue weighted by atomic mass is 32.2. The number of likely N-dealkylation sites (tertiary alicyclic amines) is 1. The summed E-state index contributed by atoms with van der Waals surface area (Å²) < 4.78 is 44.2. The third kappa shape index (κ3) is 3.65. The SMILES string of the molecule is COc1ccc(OC)c(NS(=O)(=O)c2ccc3onc(C(=O)N4CCCC4)c3c2)c1. The molecule has 0 saturated carbocycles. The number of ether oxygens (including phenoxy) is 2. The van der Waals surface area contributed by atoms with Crippen molar-refractivity contribution < 1.29 is 27.2 Å². The maximum absolute atomic E-state index is 13.0. The van der Waals surface area contributed by atoms with Crippen molar-refractivity contribution in [3.63, 3.8) is 0 Å². The van der Waals surface area contributed by atoms with Gasteiger partial charge >= 0.3 is 0 Å². The minimum atomic E-state index is -3.98. The molecule has 1 saturated heterocycles. The second-order valence-corrected chi connectivity index (χ2v) is 8.54. The Morgan fingerprint density at radius 3 is 2.57 bits per heavy atom. The zero-order valence-corrected chi connectivity index (χ0v) is 17.4. The van der Waals surface area contributed by atoms with Crippen LogP contribution in [-0.4, -0.2) is 51.7 Å². The molecule has 1 fully saturated rings. The summed E-state index contributed by atoms with van der Waals surface area (Å²) in [7, 11) is -1.05. The number of carbonyl (C=O) groups excluding carboxylic acids is 1. The highest BCUT2D eigenvalue weighted by Gasteiger charge is 2.26. The van der Waals surface area contributed by atoms with Gasteiger partial charge in [0.25, 0.3) is 15.9 Å². The van der Waals surface area contributed by atoms with Crippen LogP contribution in [0, 0.1) is 0 Å². The number of hydrogen-bond acceptors (Lipinski definition) is 7. The second-order valence-electron chi connectivity index (χ2n) is 6.86. The lowest BCUT2D eigenvalue weighted by Crippen LogP contribution is -2.28. The Labute approximate surface area is 173 Å². The Morgan fingerprint density at radius 1 is 1.10 bits per heavy atom. The van der Waals surface area contributed by atoms with E-state index >= 15 is 0 Å². The number of nitrogens with zero attached hydrogens (tertiary/aromatic N) is 2. The largest absolute Gasteiger partial charge is 0.497 e. The first-order valence-corrected chi connectivity index (χ1v) is 10.8. The number of fused-ring (bicyclic) bond motifs is 1. The molecule has 1 N–H and O–H groups in total. The normalized spacial score (nSPS) is 14.1. The molecule has 1 aliphatic rings. The van der Waals surface area contributed by atoms with Gasteiger partial charge in [0.05, 0.1) is 30.2 Å². The molecule has 0 aliphatic carbocycles. The molecule has 158 valence electrons. The summed E-state index contributed by atoms with van der Waals surface area (Å²) in [5.41, 5.74) is 0.689. The molecule has 1 amide bonds. The molecule has 2 aromatic carbocycles. The minimum Gasteiger partial charge on any atom is -0.497 e. The molecule has 30 heavy (non-hydrogen) atoms. The van der Waals surface area contributed by atoms with Crippen LogP contribution in [0.1, 0.15) is 23.3 Å². The Kier molecular flexibility index (Phi) is 5.25. The van der Waals surface area contributed by atoms with Gasteiger partial charge in [-0.2, -0.15) is 0 Å². The fraction of sp³-hybridized carbons (Fsp3) is 0.300. The van der Waals surface area contributed by atoms with Gasteiger partial charge in [-0.05, 0) is 43.2 Å². The van der Waals surface area contributed by atoms with Gasteiger partial charge in [0.1, 0.15) is 11.5 Å². The van der Waals surface area contributed by atoms with Crippen LogP contribution < -0.4 is 14.2 Å². The number of anilines is 1. The average molecular weight is 431 g/mol. The molecule has 4 rings (SSSR count). The fourth-order valence-corrected chi connectivity index (χ4v) is 4.49. The standard InChI is InChI=1S/C20H21N3O6S/c1-27-13-5-7-18(28-2)16(11-13)22-30(25,26)14-6-8-17-15(12-14)19(21-29-17)20(24)23-9-3-4-10-23/h5-8,11-12,22H,3-4,9-10H2,1-2H3. The lowest BCUT2D eigenvalue weighted by Gasteiger charge is -2.14. The molecule has 3 aromatic rings. The molecule has 1 aromatic heterocycles. The summed E-state index contributed by atoms with van der Waals surface area (Å²) in [6.07, 6.45) is 1.88. The van der Waals surface area contributed by atoms with Crippen LogP contribution in [0.5, 0.6) is 11.5 Å². The molecule has 9 nitrogen and oxygen atoms in total. The molecule has 0 atom stereocenters. The van der Waals surface area contributed by atoms with Gasteiger partial charge in [0, 0.05) is 19.2 Å². The van der Waals surface area contributed by atoms with Crippen molar-refractivity contribution in [2.45, 2.75) is 17.7 Å². The summed E-state index contributed by atoms with van der Waals surface area (Å²) in [6, 6.07) is 9.07. The Morgan fingerprint density at radius 2 is 1.87 bits per heavy atom. The van der Waals surface area contributed by atoms with Crippen LogP contribution in [0.15, 0.2) is 45.8 Å². The van der Waals surface area contributed by atoms with E-state index in [2.05, 4.69) is 9.88 Å². The van der Waals surface area contributed by atoms with Crippen LogP contribution in [0.2, 0.25) is 0 Å². The molecule has 0 bridgehead atoms. The average Bonchev–Trinajstić information content (AvgIpc) is 3.42. The quantitative estimate of drug-likeness (QED) is 0.639. The molecule has 0 spiro atoms. The Bertz CT molecular complexity index is 1200. The number of aromatic nitrogens is 1. The van der Waals surface area contributed by atoms with Gasteiger partial charge in [-0.25, -0.2) is 8.42 Å². The first kappa shape index (κ1) is 20.0. The smallest absolute Gasteiger partial charge is 0.276 e. The molecular weight excluding hydrogens is 410 g/mol. The molecule has 0 radical (unpaired) electrons. The van der Waals surface area contributed by atoms with E-state index in [4.69, 9.17) is 14.0 Å². The van der Waals surface area contributed by atoms with Crippen LogP contribution in [0.4, 0.5) is 5.69 Å². The zero-order chi connectivity index (χ0) is 21.3. The minimum absolute atomic E-state index is 0.0291. The van der Waals surface area contributed by atoms with Gasteiger partial charge in [0.2, 0.25) is 0 Å². The number of rotatable bonds is 6. The number of sulfonamides is 1. The number of carbonyl (C=O) groups is 1. The summed E-state index contributed by atoms with van der Waals surface area (Å²) in [4.78, 5) is 14.4. The van der Waals surface area contributed by atoms with Crippen molar-refractivity contribution in [2.24, 2.45) is 0 Å². The fourth-order valence-electron chi connectivity index (χ4n) is 3.41. The lowest BCUT2D eigenvalue weighted by atomic mass is 10.2. The number of hydrogen-bond donors (Lipinski definition) is 1. The topological polar surface area (TPSA) is 111 Å². The first-order valence-electron chi connectivity index (χ1n) is 9.36. The van der Waals surface area contributed by atoms with Gasteiger partial charge in [-0.15, -0.1) is 0 Å². The first-order chi connectivity index (χ1) is 14.4. The van der Waals surface area contributed by atoms with Crippen molar-refractivity contribution in [3.05, 3.63) is 42.1 Å². The maximum Gasteiger partial charge on any atom is 0.276 e. The Balaban J connectivity index is 1.70. The van der Waals surface area contributed by atoms with Crippen LogP contribution in [-0.2, 0) is 10.0 Å². The van der Waals surface area contributed by atoms with E-state index in [0.29, 0.717) is 35.6 Å². The van der Waals surface area contributed by atoms with Crippen LogP contribution in [0.25, 0.3) is 11.0 Å². The molecular formula is C20H21N3O6S. The van der Waals surface area contributed by atoms with Gasteiger partial charge in [-0.3, -0.25) is 9.52 Å². The molecule has 2 heterocycles. The van der Waals surface area contributed by atoms with Crippen molar-refractivity contribution in [2.75, 3.05) is 32.0 Å². The Hall–Kier alpha value is -3.27. The monoisotopic (exact) mass is 431 g/mol. The van der Waals surface area contributed by atoms with Crippen molar-refractivity contribution >= 4 is 32.6 Å². The summed E-state index contributed by atoms with van der Waals surface area (Å²) in [6.45, 7) is 1.31. The summed E-state index contributed by atoms with van der Waals surface area (Å²) in [5.74, 6) is 0.556.